The molecule has 2 heterocycles. The number of hydrogen-bond donors (Lipinski definition) is 1. The van der Waals surface area contributed by atoms with E-state index in [9.17, 15) is 4.39 Å². The third-order valence-corrected chi connectivity index (χ3v) is 4.58. The standard InChI is InChI=1S/C17H26FN3O/c1-20-6-8-21(9-7-20)17-11-14(4-5-16(17)18)12-19-13-15-3-2-10-22-15/h4-5,11,15,19H,2-3,6-10,12-13H2,1H3. The first kappa shape index (κ1) is 15.7. The van der Waals surface area contributed by atoms with Gasteiger partial charge in [0.05, 0.1) is 11.8 Å². The lowest BCUT2D eigenvalue weighted by atomic mass is 10.1. The topological polar surface area (TPSA) is 27.7 Å². The number of hydrogen-bond acceptors (Lipinski definition) is 4. The van der Waals surface area contributed by atoms with E-state index in [1.54, 1.807) is 6.07 Å². The van der Waals surface area contributed by atoms with Gasteiger partial charge in [0, 0.05) is 45.9 Å². The van der Waals surface area contributed by atoms with Gasteiger partial charge in [0.15, 0.2) is 0 Å². The Hall–Kier alpha value is -1.17. The molecule has 1 aromatic carbocycles. The summed E-state index contributed by atoms with van der Waals surface area (Å²) in [4.78, 5) is 4.43. The monoisotopic (exact) mass is 307 g/mol. The van der Waals surface area contributed by atoms with Crippen molar-refractivity contribution < 1.29 is 9.13 Å². The highest BCUT2D eigenvalue weighted by atomic mass is 19.1. The van der Waals surface area contributed by atoms with E-state index in [0.29, 0.717) is 6.10 Å². The highest BCUT2D eigenvalue weighted by Crippen LogP contribution is 2.22. The quantitative estimate of drug-likeness (QED) is 0.898. The number of piperazine rings is 1. The average molecular weight is 307 g/mol. The van der Waals surface area contributed by atoms with E-state index in [1.807, 2.05) is 12.1 Å². The number of nitrogens with zero attached hydrogens (tertiary/aromatic N) is 2. The van der Waals surface area contributed by atoms with Crippen LogP contribution in [0.15, 0.2) is 18.2 Å². The van der Waals surface area contributed by atoms with Crippen molar-refractivity contribution in [3.8, 4) is 0 Å². The Morgan fingerprint density at radius 1 is 1.27 bits per heavy atom. The summed E-state index contributed by atoms with van der Waals surface area (Å²) in [5.41, 5.74) is 1.87. The molecule has 2 saturated heterocycles. The number of ether oxygens (including phenoxy) is 1. The molecular formula is C17H26FN3O. The zero-order chi connectivity index (χ0) is 15.4. The number of halogens is 1. The largest absolute Gasteiger partial charge is 0.377 e. The molecule has 5 heteroatoms. The minimum Gasteiger partial charge on any atom is -0.377 e. The molecule has 4 nitrogen and oxygen atoms in total. The Balaban J connectivity index is 1.57. The van der Waals surface area contributed by atoms with Crippen molar-refractivity contribution in [3.63, 3.8) is 0 Å². The van der Waals surface area contributed by atoms with E-state index in [4.69, 9.17) is 4.74 Å². The zero-order valence-corrected chi connectivity index (χ0v) is 13.4. The normalized spacial score (nSPS) is 23.2. The van der Waals surface area contributed by atoms with Gasteiger partial charge in [0.1, 0.15) is 5.82 Å². The molecule has 2 aliphatic heterocycles. The summed E-state index contributed by atoms with van der Waals surface area (Å²) in [7, 11) is 2.11. The molecule has 22 heavy (non-hydrogen) atoms. The molecule has 1 atom stereocenters. The number of anilines is 1. The van der Waals surface area contributed by atoms with Gasteiger partial charge in [-0.3, -0.25) is 0 Å². The molecule has 0 aliphatic carbocycles. The Morgan fingerprint density at radius 2 is 2.09 bits per heavy atom. The van der Waals surface area contributed by atoms with E-state index in [-0.39, 0.29) is 5.82 Å². The number of rotatable bonds is 5. The molecule has 0 bridgehead atoms. The fourth-order valence-corrected chi connectivity index (χ4v) is 3.14. The van der Waals surface area contributed by atoms with Crippen molar-refractivity contribution in [2.24, 2.45) is 0 Å². The van der Waals surface area contributed by atoms with Crippen LogP contribution >= 0.6 is 0 Å². The van der Waals surface area contributed by atoms with Crippen molar-refractivity contribution in [1.29, 1.82) is 0 Å². The molecule has 1 aromatic rings. The van der Waals surface area contributed by atoms with E-state index in [0.717, 1.165) is 70.0 Å². The zero-order valence-electron chi connectivity index (χ0n) is 13.4. The third kappa shape index (κ3) is 3.97. The first-order valence-electron chi connectivity index (χ1n) is 8.26. The van der Waals surface area contributed by atoms with Gasteiger partial charge in [0.2, 0.25) is 0 Å². The summed E-state index contributed by atoms with van der Waals surface area (Å²) in [5, 5.41) is 3.43. The fourth-order valence-electron chi connectivity index (χ4n) is 3.14. The van der Waals surface area contributed by atoms with Crippen molar-refractivity contribution in [3.05, 3.63) is 29.6 Å². The molecule has 1 N–H and O–H groups in total. The lowest BCUT2D eigenvalue weighted by Gasteiger charge is -2.34. The van der Waals surface area contributed by atoms with E-state index >= 15 is 0 Å². The van der Waals surface area contributed by atoms with E-state index < -0.39 is 0 Å². The summed E-state index contributed by atoms with van der Waals surface area (Å²) >= 11 is 0. The van der Waals surface area contributed by atoms with Gasteiger partial charge in [-0.1, -0.05) is 6.07 Å². The first-order chi connectivity index (χ1) is 10.7. The van der Waals surface area contributed by atoms with Gasteiger partial charge in [-0.15, -0.1) is 0 Å². The molecule has 0 radical (unpaired) electrons. The van der Waals surface area contributed by atoms with Crippen LogP contribution < -0.4 is 10.2 Å². The van der Waals surface area contributed by atoms with Gasteiger partial charge in [-0.25, -0.2) is 4.39 Å². The van der Waals surface area contributed by atoms with Crippen LogP contribution in [0.1, 0.15) is 18.4 Å². The Labute approximate surface area is 132 Å². The SMILES string of the molecule is CN1CCN(c2cc(CNCC3CCCO3)ccc2F)CC1. The highest BCUT2D eigenvalue weighted by Gasteiger charge is 2.18. The maximum atomic E-state index is 14.1. The van der Waals surface area contributed by atoms with E-state index in [2.05, 4.69) is 22.2 Å². The van der Waals surface area contributed by atoms with Crippen molar-refractivity contribution in [2.75, 3.05) is 51.3 Å². The molecule has 2 aliphatic rings. The van der Waals surface area contributed by atoms with Gasteiger partial charge in [0.25, 0.3) is 0 Å². The Morgan fingerprint density at radius 3 is 2.82 bits per heavy atom. The van der Waals surface area contributed by atoms with Crippen LogP contribution in [-0.2, 0) is 11.3 Å². The second-order valence-electron chi connectivity index (χ2n) is 6.34. The predicted octanol–water partition coefficient (Wildman–Crippen LogP) is 1.85. The molecule has 0 saturated carbocycles. The van der Waals surface area contributed by atoms with Gasteiger partial charge in [-0.2, -0.15) is 0 Å². The van der Waals surface area contributed by atoms with Crippen molar-refractivity contribution in [2.45, 2.75) is 25.5 Å². The number of likely N-dealkylation sites (N-methyl/N-ethyl adjacent to an activating group) is 1. The Bertz CT molecular complexity index is 483. The minimum absolute atomic E-state index is 0.118. The van der Waals surface area contributed by atoms with Crippen LogP contribution in [0.2, 0.25) is 0 Å². The fraction of sp³-hybridized carbons (Fsp3) is 0.647. The summed E-state index contributed by atoms with van der Waals surface area (Å²) in [6, 6.07) is 5.46. The third-order valence-electron chi connectivity index (χ3n) is 4.58. The van der Waals surface area contributed by atoms with E-state index in [1.165, 1.54) is 0 Å². The van der Waals surface area contributed by atoms with Crippen LogP contribution in [0, 0.1) is 5.82 Å². The number of benzene rings is 1. The molecule has 0 amide bonds. The summed E-state index contributed by atoms with van der Waals surface area (Å²) in [6.45, 7) is 6.28. The highest BCUT2D eigenvalue weighted by molar-refractivity contribution is 5.50. The molecule has 122 valence electrons. The maximum Gasteiger partial charge on any atom is 0.146 e. The first-order valence-corrected chi connectivity index (χ1v) is 8.26. The maximum absolute atomic E-state index is 14.1. The molecule has 2 fully saturated rings. The molecule has 0 aromatic heterocycles. The van der Waals surface area contributed by atoms with Gasteiger partial charge >= 0.3 is 0 Å². The van der Waals surface area contributed by atoms with Gasteiger partial charge < -0.3 is 19.9 Å². The molecule has 0 spiro atoms. The second-order valence-corrected chi connectivity index (χ2v) is 6.34. The lowest BCUT2D eigenvalue weighted by molar-refractivity contribution is 0.110. The van der Waals surface area contributed by atoms with Crippen LogP contribution in [0.5, 0.6) is 0 Å². The van der Waals surface area contributed by atoms with Crippen molar-refractivity contribution in [1.82, 2.24) is 10.2 Å². The van der Waals surface area contributed by atoms with Crippen LogP contribution in [0.4, 0.5) is 10.1 Å². The molecular weight excluding hydrogens is 281 g/mol. The minimum atomic E-state index is -0.118. The smallest absolute Gasteiger partial charge is 0.146 e. The Kier molecular flexibility index (Phi) is 5.28. The summed E-state index contributed by atoms with van der Waals surface area (Å²) < 4.78 is 19.7. The average Bonchev–Trinajstić information content (AvgIpc) is 3.03. The van der Waals surface area contributed by atoms with Crippen LogP contribution in [-0.4, -0.2) is 57.4 Å². The molecule has 3 rings (SSSR count). The van der Waals surface area contributed by atoms with Crippen LogP contribution in [0.25, 0.3) is 0 Å². The summed E-state index contributed by atoms with van der Waals surface area (Å²) in [6.07, 6.45) is 2.65. The van der Waals surface area contributed by atoms with Gasteiger partial charge in [-0.05, 0) is 37.6 Å². The number of nitrogens with one attached hydrogen (secondary N) is 1. The second kappa shape index (κ2) is 7.40. The van der Waals surface area contributed by atoms with Crippen LogP contribution in [0.3, 0.4) is 0 Å². The lowest BCUT2D eigenvalue weighted by Crippen LogP contribution is -2.44. The summed E-state index contributed by atoms with van der Waals surface area (Å²) in [5.74, 6) is -0.118. The predicted molar refractivity (Wildman–Crippen MR) is 86.8 cm³/mol. The molecule has 1 unspecified atom stereocenters. The van der Waals surface area contributed by atoms with Crippen molar-refractivity contribution >= 4 is 5.69 Å².